The largest absolute Gasteiger partial charge is 0.481 e. The molecule has 0 saturated heterocycles. The van der Waals surface area contributed by atoms with Crippen LogP contribution in [0.1, 0.15) is 44.9 Å². The molecule has 1 aliphatic carbocycles. The second-order valence-corrected chi connectivity index (χ2v) is 4.30. The number of carboxylic acids is 1. The van der Waals surface area contributed by atoms with Crippen LogP contribution >= 0.6 is 0 Å². The molecule has 1 fully saturated rings. The number of hydrogen-bond donors (Lipinski definition) is 1. The minimum atomic E-state index is -0.674. The second kappa shape index (κ2) is 7.24. The summed E-state index contributed by atoms with van der Waals surface area (Å²) in [6.07, 6.45) is 5.82. The molecule has 0 atom stereocenters. The number of rotatable bonds is 6. The Balaban J connectivity index is 2.04. The highest BCUT2D eigenvalue weighted by molar-refractivity contribution is 5.69. The van der Waals surface area contributed by atoms with E-state index in [4.69, 9.17) is 15.1 Å². The van der Waals surface area contributed by atoms with Crippen LogP contribution in [0.2, 0.25) is 0 Å². The van der Waals surface area contributed by atoms with Gasteiger partial charge in [-0.1, -0.05) is 0 Å². The summed E-state index contributed by atoms with van der Waals surface area (Å²) in [5.41, 5.74) is 0. The Morgan fingerprint density at radius 1 is 1.31 bits per heavy atom. The van der Waals surface area contributed by atoms with Crippen LogP contribution in [-0.2, 0) is 9.53 Å². The van der Waals surface area contributed by atoms with E-state index in [2.05, 4.69) is 6.07 Å². The molecule has 0 aromatic heterocycles. The predicted molar refractivity (Wildman–Crippen MR) is 58.8 cm³/mol. The maximum Gasteiger partial charge on any atom is 0.306 e. The van der Waals surface area contributed by atoms with Gasteiger partial charge in [0.2, 0.25) is 0 Å². The Kier molecular flexibility index (Phi) is 5.87. The van der Waals surface area contributed by atoms with E-state index in [1.54, 1.807) is 0 Å². The van der Waals surface area contributed by atoms with E-state index in [0.717, 1.165) is 38.5 Å². The zero-order valence-corrected chi connectivity index (χ0v) is 9.52. The molecule has 1 saturated carbocycles. The lowest BCUT2D eigenvalue weighted by Crippen LogP contribution is -2.26. The van der Waals surface area contributed by atoms with E-state index in [0.29, 0.717) is 13.0 Å². The molecule has 0 bridgehead atoms. The van der Waals surface area contributed by atoms with Crippen molar-refractivity contribution < 1.29 is 14.6 Å². The molecule has 1 aliphatic rings. The third kappa shape index (κ3) is 4.63. The van der Waals surface area contributed by atoms with Crippen molar-refractivity contribution in [1.29, 1.82) is 5.26 Å². The summed E-state index contributed by atoms with van der Waals surface area (Å²) in [5.74, 6) is -0.842. The first kappa shape index (κ1) is 13.0. The van der Waals surface area contributed by atoms with Crippen LogP contribution in [-0.4, -0.2) is 23.8 Å². The van der Waals surface area contributed by atoms with Gasteiger partial charge in [0.05, 0.1) is 18.1 Å². The summed E-state index contributed by atoms with van der Waals surface area (Å²) in [6, 6.07) is 2.10. The summed E-state index contributed by atoms with van der Waals surface area (Å²) in [4.78, 5) is 10.7. The molecule has 4 heteroatoms. The van der Waals surface area contributed by atoms with E-state index in [1.165, 1.54) is 0 Å². The lowest BCUT2D eigenvalue weighted by Gasteiger charge is -2.26. The van der Waals surface area contributed by atoms with Gasteiger partial charge in [-0.2, -0.15) is 5.26 Å². The molecule has 0 unspecified atom stereocenters. The molecular weight excluding hydrogens is 206 g/mol. The molecule has 1 N–H and O–H groups in total. The number of nitriles is 1. The van der Waals surface area contributed by atoms with E-state index < -0.39 is 5.97 Å². The molecule has 0 spiro atoms. The van der Waals surface area contributed by atoms with Gasteiger partial charge in [0.15, 0.2) is 0 Å². The Morgan fingerprint density at radius 2 is 2.00 bits per heavy atom. The van der Waals surface area contributed by atoms with E-state index in [-0.39, 0.29) is 12.0 Å². The van der Waals surface area contributed by atoms with Gasteiger partial charge < -0.3 is 9.84 Å². The van der Waals surface area contributed by atoms with Crippen LogP contribution < -0.4 is 0 Å². The van der Waals surface area contributed by atoms with Crippen LogP contribution in [0.25, 0.3) is 0 Å². The minimum Gasteiger partial charge on any atom is -0.481 e. The lowest BCUT2D eigenvalue weighted by molar-refractivity contribution is -0.143. The zero-order valence-electron chi connectivity index (χ0n) is 9.52. The van der Waals surface area contributed by atoms with Crippen molar-refractivity contribution in [3.05, 3.63) is 0 Å². The maximum atomic E-state index is 10.7. The summed E-state index contributed by atoms with van der Waals surface area (Å²) >= 11 is 0. The third-order valence-corrected chi connectivity index (χ3v) is 3.06. The second-order valence-electron chi connectivity index (χ2n) is 4.30. The van der Waals surface area contributed by atoms with Crippen molar-refractivity contribution in [3.8, 4) is 6.07 Å². The number of hydrogen-bond acceptors (Lipinski definition) is 3. The number of carbonyl (C=O) groups is 1. The Hall–Kier alpha value is -1.08. The van der Waals surface area contributed by atoms with Gasteiger partial charge in [-0.3, -0.25) is 4.79 Å². The van der Waals surface area contributed by atoms with Crippen molar-refractivity contribution in [1.82, 2.24) is 0 Å². The fourth-order valence-electron chi connectivity index (χ4n) is 2.03. The molecule has 16 heavy (non-hydrogen) atoms. The van der Waals surface area contributed by atoms with E-state index in [1.807, 2.05) is 0 Å². The van der Waals surface area contributed by atoms with Crippen LogP contribution in [0.4, 0.5) is 0 Å². The molecule has 0 aromatic rings. The van der Waals surface area contributed by atoms with Gasteiger partial charge in [0.25, 0.3) is 0 Å². The molecule has 0 aromatic carbocycles. The molecule has 0 aliphatic heterocycles. The van der Waals surface area contributed by atoms with Crippen molar-refractivity contribution >= 4 is 5.97 Å². The van der Waals surface area contributed by atoms with Gasteiger partial charge >= 0.3 is 5.97 Å². The monoisotopic (exact) mass is 225 g/mol. The molecule has 0 heterocycles. The van der Waals surface area contributed by atoms with Gasteiger partial charge in [-0.05, 0) is 38.5 Å². The number of nitrogens with zero attached hydrogens (tertiary/aromatic N) is 1. The molecule has 0 radical (unpaired) electrons. The number of carboxylic acid groups (broad SMARTS) is 1. The molecule has 1 rings (SSSR count). The number of unbranched alkanes of at least 4 members (excludes halogenated alkanes) is 2. The van der Waals surface area contributed by atoms with Crippen molar-refractivity contribution in [3.63, 3.8) is 0 Å². The molecule has 4 nitrogen and oxygen atoms in total. The minimum absolute atomic E-state index is 0.168. The predicted octanol–water partition coefficient (Wildman–Crippen LogP) is 2.34. The first-order valence-corrected chi connectivity index (χ1v) is 5.95. The smallest absolute Gasteiger partial charge is 0.306 e. The lowest BCUT2D eigenvalue weighted by atomic mass is 9.87. The fourth-order valence-corrected chi connectivity index (χ4v) is 2.03. The SMILES string of the molecule is N#CCCCCOC1CCC(C(=O)O)CC1. The Bertz CT molecular complexity index is 251. The van der Waals surface area contributed by atoms with Gasteiger partial charge in [-0.15, -0.1) is 0 Å². The highest BCUT2D eigenvalue weighted by Gasteiger charge is 2.25. The molecular formula is C12H19NO3. The Morgan fingerprint density at radius 3 is 2.56 bits per heavy atom. The average Bonchev–Trinajstić information content (AvgIpc) is 2.29. The van der Waals surface area contributed by atoms with Crippen molar-refractivity contribution in [2.75, 3.05) is 6.61 Å². The first-order chi connectivity index (χ1) is 7.74. The van der Waals surface area contributed by atoms with Crippen LogP contribution in [0.15, 0.2) is 0 Å². The summed E-state index contributed by atoms with van der Waals surface area (Å²) in [6.45, 7) is 0.698. The highest BCUT2D eigenvalue weighted by atomic mass is 16.5. The first-order valence-electron chi connectivity index (χ1n) is 5.95. The summed E-state index contributed by atoms with van der Waals surface area (Å²) < 4.78 is 5.66. The van der Waals surface area contributed by atoms with E-state index >= 15 is 0 Å². The summed E-state index contributed by atoms with van der Waals surface area (Å²) in [5, 5.41) is 17.2. The number of aliphatic carboxylic acids is 1. The van der Waals surface area contributed by atoms with Gasteiger partial charge in [-0.25, -0.2) is 0 Å². The van der Waals surface area contributed by atoms with Crippen molar-refractivity contribution in [2.24, 2.45) is 5.92 Å². The van der Waals surface area contributed by atoms with Crippen molar-refractivity contribution in [2.45, 2.75) is 51.0 Å². The zero-order chi connectivity index (χ0) is 11.8. The van der Waals surface area contributed by atoms with Gasteiger partial charge in [0.1, 0.15) is 0 Å². The average molecular weight is 225 g/mol. The molecule has 90 valence electrons. The van der Waals surface area contributed by atoms with E-state index in [9.17, 15) is 4.79 Å². The topological polar surface area (TPSA) is 70.3 Å². The highest BCUT2D eigenvalue weighted by Crippen LogP contribution is 2.26. The fraction of sp³-hybridized carbons (Fsp3) is 0.833. The summed E-state index contributed by atoms with van der Waals surface area (Å²) in [7, 11) is 0. The quantitative estimate of drug-likeness (QED) is 0.704. The molecule has 0 amide bonds. The van der Waals surface area contributed by atoms with Crippen LogP contribution in [0, 0.1) is 17.2 Å². The number of ether oxygens (including phenoxy) is 1. The Labute approximate surface area is 96.2 Å². The van der Waals surface area contributed by atoms with Crippen LogP contribution in [0.5, 0.6) is 0 Å². The van der Waals surface area contributed by atoms with Crippen LogP contribution in [0.3, 0.4) is 0 Å². The third-order valence-electron chi connectivity index (χ3n) is 3.06. The maximum absolute atomic E-state index is 10.7. The normalized spacial score (nSPS) is 24.9. The standard InChI is InChI=1S/C12H19NO3/c13-8-2-1-3-9-16-11-6-4-10(5-7-11)12(14)15/h10-11H,1-7,9H2,(H,14,15). The van der Waals surface area contributed by atoms with Gasteiger partial charge in [0, 0.05) is 13.0 Å².